The summed E-state index contributed by atoms with van der Waals surface area (Å²) < 4.78 is 36.9. The van der Waals surface area contributed by atoms with Crippen LogP contribution in [0, 0.1) is 0 Å². The second kappa shape index (κ2) is 7.33. The van der Waals surface area contributed by atoms with Gasteiger partial charge in [-0.1, -0.05) is 12.1 Å². The van der Waals surface area contributed by atoms with E-state index in [1.165, 1.54) is 0 Å². The molecule has 0 saturated heterocycles. The fourth-order valence-corrected chi connectivity index (χ4v) is 1.56. The van der Waals surface area contributed by atoms with Crippen LogP contribution in [-0.4, -0.2) is 53.0 Å². The van der Waals surface area contributed by atoms with Gasteiger partial charge in [0.15, 0.2) is 0 Å². The highest BCUT2D eigenvalue weighted by atomic mass is 19.4. The molecule has 0 saturated carbocycles. The minimum absolute atomic E-state index is 0.0308. The lowest BCUT2D eigenvalue weighted by Gasteiger charge is -2.30. The molecule has 0 heterocycles. The molecule has 0 aromatic heterocycles. The monoisotopic (exact) mass is 257 g/mol. The first-order valence-corrected chi connectivity index (χ1v) is 5.22. The number of nitrogens with two attached hydrogens (primary N) is 1. The lowest BCUT2D eigenvalue weighted by atomic mass is 10.1. The molecule has 0 aliphatic heterocycles. The summed E-state index contributed by atoms with van der Waals surface area (Å²) in [5.74, 6) is -0.123. The Bertz CT molecular complexity index is 246. The summed E-state index contributed by atoms with van der Waals surface area (Å²) in [4.78, 5) is 1.08. The summed E-state index contributed by atoms with van der Waals surface area (Å²) in [6.45, 7) is 0.111. The fourth-order valence-electron chi connectivity index (χ4n) is 1.56. The summed E-state index contributed by atoms with van der Waals surface area (Å²) in [7, 11) is 0. The number of hydrogen-bond acceptors (Lipinski definition) is 4. The van der Waals surface area contributed by atoms with Crippen molar-refractivity contribution in [2.24, 2.45) is 10.9 Å². The largest absolute Gasteiger partial charge is 0.409 e. The number of nitrogens with zero attached hydrogens (tertiary/aromatic N) is 2. The molecule has 5 nitrogen and oxygen atoms in total. The van der Waals surface area contributed by atoms with Crippen molar-refractivity contribution in [3.8, 4) is 0 Å². The van der Waals surface area contributed by atoms with Gasteiger partial charge in [0.2, 0.25) is 0 Å². The normalized spacial score (nSPS) is 15.3. The Balaban J connectivity index is 4.62. The van der Waals surface area contributed by atoms with Crippen LogP contribution in [0.3, 0.4) is 0 Å². The Hall–Kier alpha value is -1.02. The topological polar surface area (TPSA) is 82.1 Å². The van der Waals surface area contributed by atoms with Gasteiger partial charge in [-0.25, -0.2) is 0 Å². The van der Waals surface area contributed by atoms with E-state index in [1.807, 2.05) is 0 Å². The van der Waals surface area contributed by atoms with Gasteiger partial charge in [0, 0.05) is 19.0 Å². The molecule has 102 valence electrons. The molecule has 0 bridgehead atoms. The lowest BCUT2D eigenvalue weighted by molar-refractivity contribution is -0.151. The van der Waals surface area contributed by atoms with Gasteiger partial charge in [0.1, 0.15) is 5.84 Å². The smallest absolute Gasteiger partial charge is 0.401 e. The number of oxime groups is 1. The standard InChI is InChI=1S/C9H18F3N3O2/c1-2-7(5-8(13)14-17)15(3-4-16)6-9(10,11)12/h7,16-17H,2-6H2,1H3,(H2,13,14). The van der Waals surface area contributed by atoms with Gasteiger partial charge in [-0.2, -0.15) is 13.2 Å². The minimum atomic E-state index is -4.34. The van der Waals surface area contributed by atoms with E-state index in [4.69, 9.17) is 16.0 Å². The lowest BCUT2D eigenvalue weighted by Crippen LogP contribution is -2.44. The van der Waals surface area contributed by atoms with Crippen molar-refractivity contribution >= 4 is 5.84 Å². The maximum Gasteiger partial charge on any atom is 0.401 e. The van der Waals surface area contributed by atoms with E-state index in [0.717, 1.165) is 4.90 Å². The highest BCUT2D eigenvalue weighted by molar-refractivity contribution is 5.80. The predicted molar refractivity (Wildman–Crippen MR) is 56.8 cm³/mol. The average molecular weight is 257 g/mol. The molecule has 0 aromatic rings. The van der Waals surface area contributed by atoms with E-state index < -0.39 is 18.8 Å². The molecule has 17 heavy (non-hydrogen) atoms. The number of aliphatic hydroxyl groups excluding tert-OH is 1. The number of aliphatic hydroxyl groups is 1. The van der Waals surface area contributed by atoms with E-state index >= 15 is 0 Å². The molecule has 4 N–H and O–H groups in total. The van der Waals surface area contributed by atoms with Gasteiger partial charge in [0.05, 0.1) is 13.2 Å². The Morgan fingerprint density at radius 1 is 1.47 bits per heavy atom. The van der Waals surface area contributed by atoms with Crippen molar-refractivity contribution in [3.63, 3.8) is 0 Å². The second-order valence-electron chi connectivity index (χ2n) is 3.67. The van der Waals surface area contributed by atoms with E-state index in [1.54, 1.807) is 6.92 Å². The van der Waals surface area contributed by atoms with E-state index in [-0.39, 0.29) is 25.4 Å². The first-order chi connectivity index (χ1) is 7.84. The maximum absolute atomic E-state index is 12.3. The zero-order valence-corrected chi connectivity index (χ0v) is 9.61. The molecule has 1 atom stereocenters. The quantitative estimate of drug-likeness (QED) is 0.272. The zero-order valence-electron chi connectivity index (χ0n) is 9.61. The Morgan fingerprint density at radius 2 is 2.06 bits per heavy atom. The Kier molecular flexibility index (Phi) is 6.89. The highest BCUT2D eigenvalue weighted by Gasteiger charge is 2.33. The first-order valence-electron chi connectivity index (χ1n) is 5.22. The van der Waals surface area contributed by atoms with Crippen molar-refractivity contribution in [1.29, 1.82) is 0 Å². The summed E-state index contributed by atoms with van der Waals surface area (Å²) >= 11 is 0. The maximum atomic E-state index is 12.3. The third-order valence-electron chi connectivity index (χ3n) is 2.33. The molecular weight excluding hydrogens is 239 g/mol. The van der Waals surface area contributed by atoms with Gasteiger partial charge in [0.25, 0.3) is 0 Å². The van der Waals surface area contributed by atoms with Crippen LogP contribution in [-0.2, 0) is 0 Å². The van der Waals surface area contributed by atoms with Crippen LogP contribution in [0.1, 0.15) is 19.8 Å². The van der Waals surface area contributed by atoms with Crippen LogP contribution in [0.25, 0.3) is 0 Å². The van der Waals surface area contributed by atoms with Crippen LogP contribution < -0.4 is 5.73 Å². The van der Waals surface area contributed by atoms with Crippen molar-refractivity contribution < 1.29 is 23.5 Å². The van der Waals surface area contributed by atoms with Gasteiger partial charge in [-0.15, -0.1) is 0 Å². The molecule has 1 unspecified atom stereocenters. The molecule has 0 spiro atoms. The van der Waals surface area contributed by atoms with E-state index in [9.17, 15) is 13.2 Å². The molecule has 0 rings (SSSR count). The number of amidine groups is 1. The van der Waals surface area contributed by atoms with Crippen molar-refractivity contribution in [1.82, 2.24) is 4.90 Å². The van der Waals surface area contributed by atoms with Gasteiger partial charge in [-0.3, -0.25) is 4.90 Å². The number of halogens is 3. The number of alkyl halides is 3. The van der Waals surface area contributed by atoms with Gasteiger partial charge in [-0.05, 0) is 6.42 Å². The number of rotatable bonds is 7. The van der Waals surface area contributed by atoms with Crippen LogP contribution in [0.5, 0.6) is 0 Å². The minimum Gasteiger partial charge on any atom is -0.409 e. The van der Waals surface area contributed by atoms with Crippen LogP contribution in [0.2, 0.25) is 0 Å². The van der Waals surface area contributed by atoms with E-state index in [2.05, 4.69) is 5.16 Å². The molecule has 0 fully saturated rings. The van der Waals surface area contributed by atoms with E-state index in [0.29, 0.717) is 6.42 Å². The summed E-state index contributed by atoms with van der Waals surface area (Å²) in [6.07, 6.45) is -3.90. The van der Waals surface area contributed by atoms with Crippen molar-refractivity contribution in [2.75, 3.05) is 19.7 Å². The number of hydrogen-bond donors (Lipinski definition) is 3. The molecular formula is C9H18F3N3O2. The second-order valence-corrected chi connectivity index (χ2v) is 3.67. The van der Waals surface area contributed by atoms with Crippen LogP contribution in [0.4, 0.5) is 13.2 Å². The predicted octanol–water partition coefficient (Wildman–Crippen LogP) is 0.758. The summed E-state index contributed by atoms with van der Waals surface area (Å²) in [5, 5.41) is 19.9. The van der Waals surface area contributed by atoms with Crippen molar-refractivity contribution in [3.05, 3.63) is 0 Å². The Labute approximate surface area is 97.7 Å². The fraction of sp³-hybridized carbons (Fsp3) is 0.889. The third kappa shape index (κ3) is 7.01. The molecule has 0 aromatic carbocycles. The zero-order chi connectivity index (χ0) is 13.5. The SMILES string of the molecule is CCC(CC(N)=NO)N(CCO)CC(F)(F)F. The molecule has 0 amide bonds. The van der Waals surface area contributed by atoms with Gasteiger partial charge < -0.3 is 16.0 Å². The third-order valence-corrected chi connectivity index (χ3v) is 2.33. The van der Waals surface area contributed by atoms with Crippen molar-refractivity contribution in [2.45, 2.75) is 32.0 Å². The highest BCUT2D eigenvalue weighted by Crippen LogP contribution is 2.20. The van der Waals surface area contributed by atoms with Crippen LogP contribution in [0.15, 0.2) is 5.16 Å². The molecule has 0 aliphatic carbocycles. The summed E-state index contributed by atoms with van der Waals surface area (Å²) in [5.41, 5.74) is 5.28. The van der Waals surface area contributed by atoms with Gasteiger partial charge >= 0.3 is 6.18 Å². The Morgan fingerprint density at radius 3 is 2.41 bits per heavy atom. The van der Waals surface area contributed by atoms with Crippen LogP contribution >= 0.6 is 0 Å². The molecule has 0 aliphatic rings. The first kappa shape index (κ1) is 16.0. The average Bonchev–Trinajstić information content (AvgIpc) is 2.23. The molecule has 0 radical (unpaired) electrons. The molecule has 8 heteroatoms. The summed E-state index contributed by atoms with van der Waals surface area (Å²) in [6, 6.07) is -0.514.